The van der Waals surface area contributed by atoms with Crippen molar-refractivity contribution in [3.05, 3.63) is 0 Å². The first-order valence-corrected chi connectivity index (χ1v) is 6.28. The van der Waals surface area contributed by atoms with Crippen molar-refractivity contribution >= 4 is 5.91 Å². The maximum Gasteiger partial charge on any atom is 0.219 e. The molecule has 0 aromatic carbocycles. The van der Waals surface area contributed by atoms with Gasteiger partial charge >= 0.3 is 0 Å². The summed E-state index contributed by atoms with van der Waals surface area (Å²) in [5, 5.41) is 0. The Kier molecular flexibility index (Phi) is 4.78. The number of ether oxygens (including phenoxy) is 1. The molecule has 0 saturated carbocycles. The van der Waals surface area contributed by atoms with Crippen molar-refractivity contribution in [3.63, 3.8) is 0 Å². The SMILES string of the molecule is CC(=O)N1CCC(CCOC(C)(C)C)CC1. The van der Waals surface area contributed by atoms with Crippen molar-refractivity contribution in [3.8, 4) is 0 Å². The molecule has 0 aromatic heterocycles. The van der Waals surface area contributed by atoms with E-state index >= 15 is 0 Å². The number of carbonyl (C=O) groups excluding carboxylic acids is 1. The summed E-state index contributed by atoms with van der Waals surface area (Å²) in [7, 11) is 0. The minimum absolute atomic E-state index is 0.0277. The van der Waals surface area contributed by atoms with Crippen LogP contribution in [-0.4, -0.2) is 36.1 Å². The number of hydrogen-bond acceptors (Lipinski definition) is 2. The van der Waals surface area contributed by atoms with Crippen LogP contribution in [0.5, 0.6) is 0 Å². The summed E-state index contributed by atoms with van der Waals surface area (Å²) < 4.78 is 5.73. The molecule has 0 spiro atoms. The van der Waals surface area contributed by atoms with Crippen LogP contribution in [0.1, 0.15) is 47.0 Å². The van der Waals surface area contributed by atoms with Crippen molar-refractivity contribution in [2.75, 3.05) is 19.7 Å². The van der Waals surface area contributed by atoms with Gasteiger partial charge in [-0.25, -0.2) is 0 Å². The van der Waals surface area contributed by atoms with Crippen LogP contribution < -0.4 is 0 Å². The van der Waals surface area contributed by atoms with E-state index in [1.807, 2.05) is 4.90 Å². The number of hydrogen-bond donors (Lipinski definition) is 0. The molecule has 1 heterocycles. The summed E-state index contributed by atoms with van der Waals surface area (Å²) in [6.45, 7) is 10.6. The summed E-state index contributed by atoms with van der Waals surface area (Å²) in [4.78, 5) is 13.1. The van der Waals surface area contributed by atoms with Crippen molar-refractivity contribution < 1.29 is 9.53 Å². The van der Waals surface area contributed by atoms with Crippen molar-refractivity contribution in [2.45, 2.75) is 52.6 Å². The smallest absolute Gasteiger partial charge is 0.219 e. The van der Waals surface area contributed by atoms with Gasteiger partial charge in [0, 0.05) is 26.6 Å². The number of carbonyl (C=O) groups is 1. The van der Waals surface area contributed by atoms with E-state index in [-0.39, 0.29) is 11.5 Å². The van der Waals surface area contributed by atoms with Crippen molar-refractivity contribution in [1.82, 2.24) is 4.90 Å². The Morgan fingerprint density at radius 2 is 1.88 bits per heavy atom. The normalized spacial score (nSPS) is 18.9. The Labute approximate surface area is 99.1 Å². The lowest BCUT2D eigenvalue weighted by Gasteiger charge is -2.31. The van der Waals surface area contributed by atoms with Gasteiger partial charge in [0.2, 0.25) is 5.91 Å². The fraction of sp³-hybridized carbons (Fsp3) is 0.923. The van der Waals surface area contributed by atoms with Gasteiger partial charge in [-0.1, -0.05) is 0 Å². The first-order chi connectivity index (χ1) is 7.38. The Hall–Kier alpha value is -0.570. The summed E-state index contributed by atoms with van der Waals surface area (Å²) >= 11 is 0. The van der Waals surface area contributed by atoms with E-state index in [1.165, 1.54) is 0 Å². The maximum absolute atomic E-state index is 11.2. The molecular weight excluding hydrogens is 202 g/mol. The number of nitrogens with zero attached hydrogens (tertiary/aromatic N) is 1. The lowest BCUT2D eigenvalue weighted by molar-refractivity contribution is -0.130. The van der Waals surface area contributed by atoms with Gasteiger partial charge < -0.3 is 9.64 Å². The highest BCUT2D eigenvalue weighted by Gasteiger charge is 2.21. The highest BCUT2D eigenvalue weighted by Crippen LogP contribution is 2.21. The zero-order chi connectivity index (χ0) is 12.2. The van der Waals surface area contributed by atoms with E-state index in [0.717, 1.165) is 44.9 Å². The molecule has 1 amide bonds. The third-order valence-corrected chi connectivity index (χ3v) is 3.12. The highest BCUT2D eigenvalue weighted by atomic mass is 16.5. The third-order valence-electron chi connectivity index (χ3n) is 3.12. The van der Waals surface area contributed by atoms with Crippen LogP contribution in [0.2, 0.25) is 0 Å². The second-order valence-corrected chi connectivity index (χ2v) is 5.70. The van der Waals surface area contributed by atoms with Crippen LogP contribution in [0.3, 0.4) is 0 Å². The summed E-state index contributed by atoms with van der Waals surface area (Å²) in [6, 6.07) is 0. The summed E-state index contributed by atoms with van der Waals surface area (Å²) in [5.74, 6) is 0.947. The summed E-state index contributed by atoms with van der Waals surface area (Å²) in [6.07, 6.45) is 3.39. The van der Waals surface area contributed by atoms with E-state index in [0.29, 0.717) is 0 Å². The van der Waals surface area contributed by atoms with Gasteiger partial charge in [-0.05, 0) is 46.0 Å². The maximum atomic E-state index is 11.2. The van der Waals surface area contributed by atoms with E-state index in [4.69, 9.17) is 4.74 Å². The standard InChI is InChI=1S/C13H25NO2/c1-11(15)14-8-5-12(6-9-14)7-10-16-13(2,3)4/h12H,5-10H2,1-4H3. The van der Waals surface area contributed by atoms with Crippen LogP contribution in [0.4, 0.5) is 0 Å². The van der Waals surface area contributed by atoms with Crippen molar-refractivity contribution in [2.24, 2.45) is 5.92 Å². The molecule has 0 aromatic rings. The quantitative estimate of drug-likeness (QED) is 0.741. The Bertz CT molecular complexity index is 225. The molecule has 3 nitrogen and oxygen atoms in total. The van der Waals surface area contributed by atoms with Gasteiger partial charge in [-0.3, -0.25) is 4.79 Å². The molecule has 0 radical (unpaired) electrons. The monoisotopic (exact) mass is 227 g/mol. The van der Waals surface area contributed by atoms with Gasteiger partial charge in [0.05, 0.1) is 5.60 Å². The fourth-order valence-electron chi connectivity index (χ4n) is 2.07. The molecule has 0 aliphatic carbocycles. The average molecular weight is 227 g/mol. The first-order valence-electron chi connectivity index (χ1n) is 6.28. The highest BCUT2D eigenvalue weighted by molar-refractivity contribution is 5.73. The molecule has 1 aliphatic heterocycles. The molecular formula is C13H25NO2. The molecule has 0 N–H and O–H groups in total. The first kappa shape index (κ1) is 13.5. The zero-order valence-corrected chi connectivity index (χ0v) is 11.1. The number of likely N-dealkylation sites (tertiary alicyclic amines) is 1. The van der Waals surface area contributed by atoms with Gasteiger partial charge in [0.1, 0.15) is 0 Å². The fourth-order valence-corrected chi connectivity index (χ4v) is 2.07. The van der Waals surface area contributed by atoms with Crippen LogP contribution in [0.15, 0.2) is 0 Å². The third kappa shape index (κ3) is 4.97. The molecule has 16 heavy (non-hydrogen) atoms. The second-order valence-electron chi connectivity index (χ2n) is 5.70. The van der Waals surface area contributed by atoms with E-state index in [1.54, 1.807) is 6.92 Å². The van der Waals surface area contributed by atoms with Gasteiger partial charge in [0.15, 0.2) is 0 Å². The Morgan fingerprint density at radius 1 is 1.31 bits per heavy atom. The Balaban J connectivity index is 2.15. The molecule has 0 atom stereocenters. The molecule has 1 saturated heterocycles. The van der Waals surface area contributed by atoms with Crippen LogP contribution in [0, 0.1) is 5.92 Å². The van der Waals surface area contributed by atoms with Crippen LogP contribution >= 0.6 is 0 Å². The van der Waals surface area contributed by atoms with Gasteiger partial charge in [0.25, 0.3) is 0 Å². The minimum atomic E-state index is -0.0277. The van der Waals surface area contributed by atoms with Crippen molar-refractivity contribution in [1.29, 1.82) is 0 Å². The van der Waals surface area contributed by atoms with E-state index in [2.05, 4.69) is 20.8 Å². The predicted molar refractivity (Wildman–Crippen MR) is 65.3 cm³/mol. The van der Waals surface area contributed by atoms with E-state index < -0.39 is 0 Å². The Morgan fingerprint density at radius 3 is 2.31 bits per heavy atom. The average Bonchev–Trinajstić information content (AvgIpc) is 2.16. The van der Waals surface area contributed by atoms with Gasteiger partial charge in [-0.15, -0.1) is 0 Å². The topological polar surface area (TPSA) is 29.5 Å². The van der Waals surface area contributed by atoms with Gasteiger partial charge in [-0.2, -0.15) is 0 Å². The number of rotatable bonds is 3. The molecule has 94 valence electrons. The lowest BCUT2D eigenvalue weighted by atomic mass is 9.94. The second kappa shape index (κ2) is 5.67. The molecule has 3 heteroatoms. The zero-order valence-electron chi connectivity index (χ0n) is 11.1. The van der Waals surface area contributed by atoms with Crippen LogP contribution in [0.25, 0.3) is 0 Å². The molecule has 1 aliphatic rings. The molecule has 1 fully saturated rings. The molecule has 0 unspecified atom stereocenters. The molecule has 1 rings (SSSR count). The summed E-state index contributed by atoms with van der Waals surface area (Å²) in [5.41, 5.74) is -0.0277. The minimum Gasteiger partial charge on any atom is -0.376 e. The number of piperidine rings is 1. The van der Waals surface area contributed by atoms with E-state index in [9.17, 15) is 4.79 Å². The lowest BCUT2D eigenvalue weighted by Crippen LogP contribution is -2.37. The van der Waals surface area contributed by atoms with Crippen LogP contribution in [-0.2, 0) is 9.53 Å². The number of amides is 1. The molecule has 0 bridgehead atoms. The predicted octanol–water partition coefficient (Wildman–Crippen LogP) is 2.45. The largest absolute Gasteiger partial charge is 0.376 e.